The predicted octanol–water partition coefficient (Wildman–Crippen LogP) is 2.14. The molecular formula is C17H20N2O4S. The molecule has 1 unspecified atom stereocenters. The van der Waals surface area contributed by atoms with Crippen LogP contribution in [0.1, 0.15) is 34.5 Å². The molecule has 6 nitrogen and oxygen atoms in total. The molecule has 0 aromatic heterocycles. The summed E-state index contributed by atoms with van der Waals surface area (Å²) in [6.07, 6.45) is 0. The van der Waals surface area contributed by atoms with E-state index in [1.54, 1.807) is 44.4 Å². The average Bonchev–Trinajstić information content (AvgIpc) is 2.54. The standard InChI is InChI=1S/C17H20N2O4S/c1-11-7-8-14(10-16(11)23-3)17(20)19-12(2)13-5-4-6-15(9-13)24(18,21)22/h4-10,12H,1-3H3,(H,19,20)(H2,18,21,22). The highest BCUT2D eigenvalue weighted by molar-refractivity contribution is 7.89. The molecule has 24 heavy (non-hydrogen) atoms. The number of carbonyl (C=O) groups is 1. The molecule has 0 bridgehead atoms. The number of carbonyl (C=O) groups excluding carboxylic acids is 1. The highest BCUT2D eigenvalue weighted by Crippen LogP contribution is 2.21. The third-order valence-corrected chi connectivity index (χ3v) is 4.62. The smallest absolute Gasteiger partial charge is 0.251 e. The van der Waals surface area contributed by atoms with E-state index < -0.39 is 10.0 Å². The molecule has 0 aliphatic heterocycles. The molecule has 2 rings (SSSR count). The van der Waals surface area contributed by atoms with Gasteiger partial charge in [0, 0.05) is 5.56 Å². The van der Waals surface area contributed by atoms with Crippen LogP contribution in [0.5, 0.6) is 5.75 Å². The van der Waals surface area contributed by atoms with Crippen molar-refractivity contribution in [3.63, 3.8) is 0 Å². The summed E-state index contributed by atoms with van der Waals surface area (Å²) in [5, 5.41) is 7.97. The first-order chi connectivity index (χ1) is 11.2. The lowest BCUT2D eigenvalue weighted by molar-refractivity contribution is 0.0939. The summed E-state index contributed by atoms with van der Waals surface area (Å²) in [7, 11) is -2.24. The average molecular weight is 348 g/mol. The zero-order valence-electron chi connectivity index (χ0n) is 13.7. The highest BCUT2D eigenvalue weighted by atomic mass is 32.2. The molecule has 0 spiro atoms. The Bertz CT molecular complexity index is 863. The van der Waals surface area contributed by atoms with Crippen LogP contribution in [-0.2, 0) is 10.0 Å². The number of rotatable bonds is 5. The predicted molar refractivity (Wildman–Crippen MR) is 91.4 cm³/mol. The molecular weight excluding hydrogens is 328 g/mol. The number of ether oxygens (including phenoxy) is 1. The molecule has 1 atom stereocenters. The number of primary sulfonamides is 1. The SMILES string of the molecule is COc1cc(C(=O)NC(C)c2cccc(S(N)(=O)=O)c2)ccc1C. The van der Waals surface area contributed by atoms with Crippen molar-refractivity contribution in [1.29, 1.82) is 0 Å². The van der Waals surface area contributed by atoms with E-state index in [0.717, 1.165) is 5.56 Å². The summed E-state index contributed by atoms with van der Waals surface area (Å²) in [6.45, 7) is 3.66. The summed E-state index contributed by atoms with van der Waals surface area (Å²) in [4.78, 5) is 12.4. The van der Waals surface area contributed by atoms with E-state index in [-0.39, 0.29) is 16.8 Å². The van der Waals surface area contributed by atoms with Gasteiger partial charge in [-0.05, 0) is 49.2 Å². The number of nitrogens with one attached hydrogen (secondary N) is 1. The third kappa shape index (κ3) is 4.12. The number of methoxy groups -OCH3 is 1. The normalized spacial score (nSPS) is 12.5. The molecule has 2 aromatic rings. The minimum atomic E-state index is -3.78. The summed E-state index contributed by atoms with van der Waals surface area (Å²) >= 11 is 0. The summed E-state index contributed by atoms with van der Waals surface area (Å²) < 4.78 is 28.1. The maximum Gasteiger partial charge on any atom is 0.251 e. The van der Waals surface area contributed by atoms with E-state index in [1.807, 2.05) is 6.92 Å². The quantitative estimate of drug-likeness (QED) is 0.865. The number of nitrogens with two attached hydrogens (primary N) is 1. The van der Waals surface area contributed by atoms with Crippen LogP contribution in [-0.4, -0.2) is 21.4 Å². The van der Waals surface area contributed by atoms with Crippen LogP contribution in [0, 0.1) is 6.92 Å². The molecule has 0 radical (unpaired) electrons. The third-order valence-electron chi connectivity index (χ3n) is 3.70. The van der Waals surface area contributed by atoms with E-state index >= 15 is 0 Å². The van der Waals surface area contributed by atoms with Gasteiger partial charge in [-0.15, -0.1) is 0 Å². The number of benzene rings is 2. The van der Waals surface area contributed by atoms with Gasteiger partial charge in [0.05, 0.1) is 18.0 Å². The van der Waals surface area contributed by atoms with Gasteiger partial charge < -0.3 is 10.1 Å². The maximum atomic E-state index is 12.4. The van der Waals surface area contributed by atoms with E-state index in [4.69, 9.17) is 9.88 Å². The first kappa shape index (κ1) is 18.0. The van der Waals surface area contributed by atoms with Crippen LogP contribution in [0.4, 0.5) is 0 Å². The Balaban J connectivity index is 2.20. The summed E-state index contributed by atoms with van der Waals surface area (Å²) in [5.41, 5.74) is 2.05. The fourth-order valence-corrected chi connectivity index (χ4v) is 2.85. The molecule has 0 aliphatic carbocycles. The van der Waals surface area contributed by atoms with Crippen molar-refractivity contribution in [2.45, 2.75) is 24.8 Å². The Morgan fingerprint density at radius 3 is 2.54 bits per heavy atom. The van der Waals surface area contributed by atoms with Gasteiger partial charge >= 0.3 is 0 Å². The van der Waals surface area contributed by atoms with E-state index in [1.165, 1.54) is 12.1 Å². The second-order valence-corrected chi connectivity index (χ2v) is 7.06. The van der Waals surface area contributed by atoms with Gasteiger partial charge in [-0.2, -0.15) is 0 Å². The number of amides is 1. The van der Waals surface area contributed by atoms with Crippen LogP contribution in [0.2, 0.25) is 0 Å². The first-order valence-corrected chi connectivity index (χ1v) is 8.85. The van der Waals surface area contributed by atoms with Crippen molar-refractivity contribution < 1.29 is 17.9 Å². The largest absolute Gasteiger partial charge is 0.496 e. The molecule has 2 aromatic carbocycles. The Labute approximate surface area is 141 Å². The zero-order valence-corrected chi connectivity index (χ0v) is 14.6. The molecule has 128 valence electrons. The second-order valence-electron chi connectivity index (χ2n) is 5.50. The van der Waals surface area contributed by atoms with E-state index in [2.05, 4.69) is 5.32 Å². The van der Waals surface area contributed by atoms with Crippen LogP contribution < -0.4 is 15.2 Å². The second kappa shape index (κ2) is 7.02. The first-order valence-electron chi connectivity index (χ1n) is 7.30. The van der Waals surface area contributed by atoms with Gasteiger partial charge in [-0.3, -0.25) is 4.79 Å². The summed E-state index contributed by atoms with van der Waals surface area (Å²) in [6, 6.07) is 11.0. The minimum absolute atomic E-state index is 0.0121. The molecule has 7 heteroatoms. The molecule has 0 fully saturated rings. The van der Waals surface area contributed by atoms with Gasteiger partial charge in [0.1, 0.15) is 5.75 Å². The van der Waals surface area contributed by atoms with Gasteiger partial charge in [0.2, 0.25) is 10.0 Å². The van der Waals surface area contributed by atoms with Crippen LogP contribution >= 0.6 is 0 Å². The van der Waals surface area contributed by atoms with Gasteiger partial charge in [-0.1, -0.05) is 18.2 Å². The van der Waals surface area contributed by atoms with Crippen molar-refractivity contribution >= 4 is 15.9 Å². The Morgan fingerprint density at radius 1 is 1.21 bits per heavy atom. The number of hydrogen-bond donors (Lipinski definition) is 2. The van der Waals surface area contributed by atoms with Crippen LogP contribution in [0.3, 0.4) is 0 Å². The number of hydrogen-bond acceptors (Lipinski definition) is 4. The van der Waals surface area contributed by atoms with Crippen molar-refractivity contribution in [1.82, 2.24) is 5.32 Å². The molecule has 0 saturated carbocycles. The maximum absolute atomic E-state index is 12.4. The Kier molecular flexibility index (Phi) is 5.26. The topological polar surface area (TPSA) is 98.5 Å². The fraction of sp³-hybridized carbons (Fsp3) is 0.235. The van der Waals surface area contributed by atoms with Crippen LogP contribution in [0.15, 0.2) is 47.4 Å². The lowest BCUT2D eigenvalue weighted by atomic mass is 10.1. The van der Waals surface area contributed by atoms with E-state index in [9.17, 15) is 13.2 Å². The Morgan fingerprint density at radius 2 is 1.92 bits per heavy atom. The van der Waals surface area contributed by atoms with Crippen molar-refractivity contribution in [3.05, 3.63) is 59.2 Å². The molecule has 0 heterocycles. The molecule has 3 N–H and O–H groups in total. The van der Waals surface area contributed by atoms with Crippen LogP contribution in [0.25, 0.3) is 0 Å². The van der Waals surface area contributed by atoms with Crippen molar-refractivity contribution in [3.8, 4) is 5.75 Å². The number of sulfonamides is 1. The van der Waals surface area contributed by atoms with Gasteiger partial charge in [0.25, 0.3) is 5.91 Å². The van der Waals surface area contributed by atoms with E-state index in [0.29, 0.717) is 16.9 Å². The lowest BCUT2D eigenvalue weighted by Gasteiger charge is -2.16. The minimum Gasteiger partial charge on any atom is -0.496 e. The van der Waals surface area contributed by atoms with Gasteiger partial charge in [0.15, 0.2) is 0 Å². The zero-order chi connectivity index (χ0) is 17.9. The molecule has 0 saturated heterocycles. The van der Waals surface area contributed by atoms with Crippen molar-refractivity contribution in [2.24, 2.45) is 5.14 Å². The Hall–Kier alpha value is -2.38. The monoisotopic (exact) mass is 348 g/mol. The number of aryl methyl sites for hydroxylation is 1. The highest BCUT2D eigenvalue weighted by Gasteiger charge is 2.15. The van der Waals surface area contributed by atoms with Gasteiger partial charge in [-0.25, -0.2) is 13.6 Å². The summed E-state index contributed by atoms with van der Waals surface area (Å²) in [5.74, 6) is 0.355. The van der Waals surface area contributed by atoms with Crippen molar-refractivity contribution in [2.75, 3.05) is 7.11 Å². The molecule has 1 amide bonds. The molecule has 0 aliphatic rings. The lowest BCUT2D eigenvalue weighted by Crippen LogP contribution is -2.27. The fourth-order valence-electron chi connectivity index (χ4n) is 2.29.